The third-order valence-electron chi connectivity index (χ3n) is 7.45. The maximum atomic E-state index is 9.81. The molecule has 3 rings (SSSR count). The minimum Gasteiger partial charge on any atom is -0.394 e. The van der Waals surface area contributed by atoms with E-state index in [4.69, 9.17) is 33.2 Å². The Balaban J connectivity index is 1.28. The number of rotatable bonds is 19. The standard InChI is InChI=1S/C29H54O8/c1-6-7-8-9-10-11-12-13-14-15-16-17-18-31-22(19-30)20-32-27-26-25(36-29(4,5)37-26)24(34-27)23-21-33-28(2,3)35-23/h22-27,30H,6-21H2,1-5H3/t22?,23-,24-,25+,26+,27-/m1/s1. The summed E-state index contributed by atoms with van der Waals surface area (Å²) in [7, 11) is 0. The predicted molar refractivity (Wildman–Crippen MR) is 141 cm³/mol. The lowest BCUT2D eigenvalue weighted by molar-refractivity contribution is -0.252. The van der Waals surface area contributed by atoms with Gasteiger partial charge in [-0.1, -0.05) is 77.6 Å². The topological polar surface area (TPSA) is 84.8 Å². The van der Waals surface area contributed by atoms with Crippen molar-refractivity contribution in [3.63, 3.8) is 0 Å². The summed E-state index contributed by atoms with van der Waals surface area (Å²) in [6, 6.07) is 0. The van der Waals surface area contributed by atoms with Gasteiger partial charge in [-0.25, -0.2) is 0 Å². The first-order valence-electron chi connectivity index (χ1n) is 14.9. The van der Waals surface area contributed by atoms with Crippen LogP contribution in [0, 0.1) is 0 Å². The van der Waals surface area contributed by atoms with Crippen LogP contribution >= 0.6 is 0 Å². The lowest BCUT2D eigenvalue weighted by Crippen LogP contribution is -2.40. The molecule has 0 saturated carbocycles. The minimum absolute atomic E-state index is 0.0981. The van der Waals surface area contributed by atoms with Crippen molar-refractivity contribution in [2.45, 2.75) is 160 Å². The van der Waals surface area contributed by atoms with Crippen molar-refractivity contribution in [3.05, 3.63) is 0 Å². The van der Waals surface area contributed by atoms with Crippen molar-refractivity contribution in [1.29, 1.82) is 0 Å². The molecular formula is C29H54O8. The van der Waals surface area contributed by atoms with Crippen LogP contribution < -0.4 is 0 Å². The lowest BCUT2D eigenvalue weighted by Gasteiger charge is -2.27. The summed E-state index contributed by atoms with van der Waals surface area (Å²) in [6.45, 7) is 11.0. The molecule has 3 heterocycles. The monoisotopic (exact) mass is 530 g/mol. The van der Waals surface area contributed by atoms with Crippen LogP contribution in [0.2, 0.25) is 0 Å². The van der Waals surface area contributed by atoms with E-state index in [1.165, 1.54) is 64.2 Å². The van der Waals surface area contributed by atoms with Crippen LogP contribution in [0.15, 0.2) is 0 Å². The van der Waals surface area contributed by atoms with Gasteiger partial charge in [-0.05, 0) is 34.1 Å². The summed E-state index contributed by atoms with van der Waals surface area (Å²) in [5.41, 5.74) is 0. The van der Waals surface area contributed by atoms with E-state index in [1.807, 2.05) is 27.7 Å². The first-order chi connectivity index (χ1) is 17.7. The van der Waals surface area contributed by atoms with Gasteiger partial charge in [-0.15, -0.1) is 0 Å². The first-order valence-corrected chi connectivity index (χ1v) is 14.9. The molecular weight excluding hydrogens is 476 g/mol. The molecule has 0 radical (unpaired) electrons. The molecule has 1 unspecified atom stereocenters. The van der Waals surface area contributed by atoms with E-state index in [-0.39, 0.29) is 37.6 Å². The average Bonchev–Trinajstić information content (AvgIpc) is 3.48. The molecule has 218 valence electrons. The number of ether oxygens (including phenoxy) is 7. The predicted octanol–water partition coefficient (Wildman–Crippen LogP) is 5.48. The second-order valence-corrected chi connectivity index (χ2v) is 11.8. The van der Waals surface area contributed by atoms with E-state index in [0.717, 1.165) is 12.8 Å². The van der Waals surface area contributed by atoms with Crippen LogP contribution in [0.1, 0.15) is 112 Å². The number of aliphatic hydroxyl groups is 1. The summed E-state index contributed by atoms with van der Waals surface area (Å²) < 4.78 is 42.2. The van der Waals surface area contributed by atoms with Gasteiger partial charge in [0.2, 0.25) is 0 Å². The van der Waals surface area contributed by atoms with E-state index in [2.05, 4.69) is 6.92 Å². The van der Waals surface area contributed by atoms with Gasteiger partial charge in [-0.3, -0.25) is 0 Å². The van der Waals surface area contributed by atoms with Gasteiger partial charge in [0.25, 0.3) is 0 Å². The number of fused-ring (bicyclic) bond motifs is 1. The molecule has 0 aromatic rings. The summed E-state index contributed by atoms with van der Waals surface area (Å²) in [6.07, 6.45) is 13.4. The molecule has 3 aliphatic rings. The molecule has 3 fully saturated rings. The average molecular weight is 531 g/mol. The first kappa shape index (κ1) is 31.2. The van der Waals surface area contributed by atoms with E-state index in [1.54, 1.807) is 0 Å². The van der Waals surface area contributed by atoms with Crippen LogP contribution in [-0.2, 0) is 33.2 Å². The van der Waals surface area contributed by atoms with Crippen molar-refractivity contribution < 1.29 is 38.3 Å². The largest absolute Gasteiger partial charge is 0.394 e. The molecule has 0 bridgehead atoms. The summed E-state index contributed by atoms with van der Waals surface area (Å²) >= 11 is 0. The van der Waals surface area contributed by atoms with Crippen molar-refractivity contribution in [1.82, 2.24) is 0 Å². The fraction of sp³-hybridized carbons (Fsp3) is 1.00. The fourth-order valence-corrected chi connectivity index (χ4v) is 5.45. The molecule has 8 nitrogen and oxygen atoms in total. The van der Waals surface area contributed by atoms with Gasteiger partial charge in [0, 0.05) is 6.61 Å². The highest BCUT2D eigenvalue weighted by molar-refractivity contribution is 4.99. The zero-order chi connectivity index (χ0) is 26.7. The zero-order valence-corrected chi connectivity index (χ0v) is 24.1. The zero-order valence-electron chi connectivity index (χ0n) is 24.1. The molecule has 0 amide bonds. The number of hydrogen-bond donors (Lipinski definition) is 1. The number of unbranched alkanes of at least 4 members (excludes halogenated alkanes) is 11. The molecule has 1 N–H and O–H groups in total. The van der Waals surface area contributed by atoms with Crippen molar-refractivity contribution in [2.24, 2.45) is 0 Å². The Labute approximate surface area is 225 Å². The van der Waals surface area contributed by atoms with Crippen LogP contribution in [0.5, 0.6) is 0 Å². The maximum Gasteiger partial charge on any atom is 0.187 e. The van der Waals surface area contributed by atoms with Crippen LogP contribution in [0.25, 0.3) is 0 Å². The van der Waals surface area contributed by atoms with E-state index in [9.17, 15) is 5.11 Å². The highest BCUT2D eigenvalue weighted by Crippen LogP contribution is 2.42. The fourth-order valence-electron chi connectivity index (χ4n) is 5.45. The normalized spacial score (nSPS) is 31.1. The van der Waals surface area contributed by atoms with Crippen molar-refractivity contribution in [3.8, 4) is 0 Å². The second-order valence-electron chi connectivity index (χ2n) is 11.8. The van der Waals surface area contributed by atoms with Gasteiger partial charge in [0.15, 0.2) is 17.9 Å². The lowest BCUT2D eigenvalue weighted by atomic mass is 10.1. The van der Waals surface area contributed by atoms with Gasteiger partial charge < -0.3 is 38.3 Å². The molecule has 8 heteroatoms. The van der Waals surface area contributed by atoms with E-state index < -0.39 is 24.0 Å². The van der Waals surface area contributed by atoms with Crippen molar-refractivity contribution >= 4 is 0 Å². The molecule has 3 aliphatic heterocycles. The highest BCUT2D eigenvalue weighted by atomic mass is 16.8. The highest BCUT2D eigenvalue weighted by Gasteiger charge is 2.59. The molecule has 0 aromatic heterocycles. The smallest absolute Gasteiger partial charge is 0.187 e. The van der Waals surface area contributed by atoms with Gasteiger partial charge in [0.05, 0.1) is 19.8 Å². The summed E-state index contributed by atoms with van der Waals surface area (Å²) in [5.74, 6) is -1.38. The SMILES string of the molecule is CCCCCCCCCCCCCCOC(CO)CO[C@@H]1O[C@H]([C@H]2COC(C)(C)O2)[C@@H]2OC(C)(C)O[C@H]12. The Bertz CT molecular complexity index is 627. The summed E-state index contributed by atoms with van der Waals surface area (Å²) in [5, 5.41) is 9.81. The third-order valence-corrected chi connectivity index (χ3v) is 7.45. The number of aliphatic hydroxyl groups excluding tert-OH is 1. The minimum atomic E-state index is -0.727. The second kappa shape index (κ2) is 15.5. The Hall–Kier alpha value is -0.320. The van der Waals surface area contributed by atoms with Crippen molar-refractivity contribution in [2.75, 3.05) is 26.4 Å². The summed E-state index contributed by atoms with van der Waals surface area (Å²) in [4.78, 5) is 0. The molecule has 0 aliphatic carbocycles. The van der Waals surface area contributed by atoms with Crippen LogP contribution in [0.4, 0.5) is 0 Å². The molecule has 3 saturated heterocycles. The van der Waals surface area contributed by atoms with Crippen LogP contribution in [0.3, 0.4) is 0 Å². The molecule has 6 atom stereocenters. The third kappa shape index (κ3) is 10.3. The number of hydrogen-bond acceptors (Lipinski definition) is 8. The van der Waals surface area contributed by atoms with Crippen LogP contribution in [-0.4, -0.2) is 79.9 Å². The van der Waals surface area contributed by atoms with Gasteiger partial charge >= 0.3 is 0 Å². The van der Waals surface area contributed by atoms with Gasteiger partial charge in [0.1, 0.15) is 30.5 Å². The molecule has 0 spiro atoms. The van der Waals surface area contributed by atoms with E-state index in [0.29, 0.717) is 13.2 Å². The van der Waals surface area contributed by atoms with E-state index >= 15 is 0 Å². The van der Waals surface area contributed by atoms with Gasteiger partial charge in [-0.2, -0.15) is 0 Å². The Morgan fingerprint density at radius 2 is 1.35 bits per heavy atom. The molecule has 37 heavy (non-hydrogen) atoms. The maximum absolute atomic E-state index is 9.81. The Morgan fingerprint density at radius 3 is 1.92 bits per heavy atom. The Kier molecular flexibility index (Phi) is 13.0. The molecule has 0 aromatic carbocycles. The quantitative estimate of drug-likeness (QED) is 0.220. The Morgan fingerprint density at radius 1 is 0.757 bits per heavy atom.